The van der Waals surface area contributed by atoms with E-state index in [-0.39, 0.29) is 0 Å². The van der Waals surface area contributed by atoms with Gasteiger partial charge >= 0.3 is 0 Å². The van der Waals surface area contributed by atoms with Gasteiger partial charge in [-0.05, 0) is 72.8 Å². The summed E-state index contributed by atoms with van der Waals surface area (Å²) in [7, 11) is 0. The Bertz CT molecular complexity index is 1860. The first-order valence-electron chi connectivity index (χ1n) is 13.3. The van der Waals surface area contributed by atoms with Gasteiger partial charge in [-0.1, -0.05) is 90.6 Å². The van der Waals surface area contributed by atoms with Crippen molar-refractivity contribution in [3.8, 4) is 0 Å². The summed E-state index contributed by atoms with van der Waals surface area (Å²) >= 11 is 1.73. The highest BCUT2D eigenvalue weighted by atomic mass is 32.2. The molecule has 0 amide bonds. The van der Waals surface area contributed by atoms with Crippen LogP contribution in [0.4, 0.5) is 28.4 Å². The molecule has 192 valence electrons. The lowest BCUT2D eigenvalue weighted by atomic mass is 10.1. The number of hydrogen-bond acceptors (Lipinski definition) is 4. The molecule has 0 aliphatic rings. The number of para-hydroxylation sites is 4. The van der Waals surface area contributed by atoms with Crippen LogP contribution in [0.15, 0.2) is 166 Å². The Kier molecular flexibility index (Phi) is 6.44. The molecule has 0 atom stereocenters. The Labute approximate surface area is 237 Å². The summed E-state index contributed by atoms with van der Waals surface area (Å²) in [5, 5.41) is 5.72. The molecule has 40 heavy (non-hydrogen) atoms. The number of hydrogen-bond donors (Lipinski definition) is 1. The van der Waals surface area contributed by atoms with Gasteiger partial charge in [0.2, 0.25) is 0 Å². The van der Waals surface area contributed by atoms with Crippen LogP contribution in [-0.4, -0.2) is 0 Å². The zero-order valence-electron chi connectivity index (χ0n) is 21.7. The Balaban J connectivity index is 1.37. The summed E-state index contributed by atoms with van der Waals surface area (Å²) in [6, 6.07) is 52.5. The van der Waals surface area contributed by atoms with E-state index >= 15 is 0 Å². The first kappa shape index (κ1) is 24.1. The fourth-order valence-corrected chi connectivity index (χ4v) is 6.03. The third kappa shape index (κ3) is 4.81. The summed E-state index contributed by atoms with van der Waals surface area (Å²) in [6.45, 7) is 0. The van der Waals surface area contributed by atoms with E-state index in [1.54, 1.807) is 11.8 Å². The molecule has 0 spiro atoms. The average molecular weight is 535 g/mol. The van der Waals surface area contributed by atoms with E-state index in [2.05, 4.69) is 132 Å². The first-order chi connectivity index (χ1) is 19.8. The molecule has 1 N–H and O–H groups in total. The van der Waals surface area contributed by atoms with Crippen molar-refractivity contribution in [2.75, 3.05) is 10.2 Å². The highest BCUT2D eigenvalue weighted by Gasteiger charge is 2.20. The molecule has 0 unspecified atom stereocenters. The average Bonchev–Trinajstić information content (AvgIpc) is 3.38. The molecule has 6 aromatic carbocycles. The SMILES string of the molecule is c1ccc(Nc2cccc(Sc3cc(N(c4ccccc4)c4ccccc4)c4c(c3)oc3ccccc34)c2)cc1. The van der Waals surface area contributed by atoms with Crippen molar-refractivity contribution >= 4 is 62.1 Å². The summed E-state index contributed by atoms with van der Waals surface area (Å²) < 4.78 is 6.44. The van der Waals surface area contributed by atoms with Crippen LogP contribution in [0.5, 0.6) is 0 Å². The van der Waals surface area contributed by atoms with Gasteiger partial charge < -0.3 is 14.6 Å². The molecule has 0 saturated carbocycles. The number of fused-ring (bicyclic) bond motifs is 3. The van der Waals surface area contributed by atoms with Crippen molar-refractivity contribution in [3.05, 3.63) is 152 Å². The second kappa shape index (κ2) is 10.7. The molecule has 3 nitrogen and oxygen atoms in total. The van der Waals surface area contributed by atoms with Crippen LogP contribution in [0.1, 0.15) is 0 Å². The maximum Gasteiger partial charge on any atom is 0.138 e. The van der Waals surface area contributed by atoms with Gasteiger partial charge in [0.15, 0.2) is 0 Å². The number of nitrogens with one attached hydrogen (secondary N) is 1. The minimum Gasteiger partial charge on any atom is -0.456 e. The molecule has 7 aromatic rings. The van der Waals surface area contributed by atoms with Gasteiger partial charge in [-0.25, -0.2) is 0 Å². The van der Waals surface area contributed by atoms with Crippen LogP contribution < -0.4 is 10.2 Å². The molecule has 1 heterocycles. The van der Waals surface area contributed by atoms with Crippen molar-refractivity contribution in [1.82, 2.24) is 0 Å². The quantitative estimate of drug-likeness (QED) is 0.220. The molecular formula is C36H26N2OS. The van der Waals surface area contributed by atoms with Crippen molar-refractivity contribution in [2.45, 2.75) is 9.79 Å². The predicted octanol–water partition coefficient (Wildman–Crippen LogP) is 11.0. The third-order valence-corrected chi connectivity index (χ3v) is 7.79. The molecule has 0 bridgehead atoms. The largest absolute Gasteiger partial charge is 0.456 e. The lowest BCUT2D eigenvalue weighted by Crippen LogP contribution is -2.10. The predicted molar refractivity (Wildman–Crippen MR) is 169 cm³/mol. The number of anilines is 5. The molecule has 0 fully saturated rings. The van der Waals surface area contributed by atoms with Crippen LogP contribution in [0, 0.1) is 0 Å². The molecule has 4 heteroatoms. The molecule has 7 rings (SSSR count). The lowest BCUT2D eigenvalue weighted by molar-refractivity contribution is 0.668. The van der Waals surface area contributed by atoms with Crippen molar-refractivity contribution in [3.63, 3.8) is 0 Å². The van der Waals surface area contributed by atoms with Gasteiger partial charge in [0.05, 0.1) is 11.1 Å². The van der Waals surface area contributed by atoms with Gasteiger partial charge in [0.1, 0.15) is 11.2 Å². The summed E-state index contributed by atoms with van der Waals surface area (Å²) in [5.74, 6) is 0. The number of nitrogens with zero attached hydrogens (tertiary/aromatic N) is 1. The van der Waals surface area contributed by atoms with Crippen molar-refractivity contribution in [2.24, 2.45) is 0 Å². The summed E-state index contributed by atoms with van der Waals surface area (Å²) in [6.07, 6.45) is 0. The van der Waals surface area contributed by atoms with Gasteiger partial charge in [-0.3, -0.25) is 0 Å². The minimum atomic E-state index is 0.872. The Morgan fingerprint density at radius 2 is 1.12 bits per heavy atom. The smallest absolute Gasteiger partial charge is 0.138 e. The zero-order valence-corrected chi connectivity index (χ0v) is 22.5. The van der Waals surface area contributed by atoms with E-state index in [9.17, 15) is 0 Å². The molecule has 0 radical (unpaired) electrons. The van der Waals surface area contributed by atoms with E-state index in [0.29, 0.717) is 0 Å². The topological polar surface area (TPSA) is 28.4 Å². The molecule has 0 saturated heterocycles. The number of benzene rings is 6. The Morgan fingerprint density at radius 1 is 0.500 bits per heavy atom. The molecule has 1 aromatic heterocycles. The van der Waals surface area contributed by atoms with E-state index in [1.165, 1.54) is 0 Å². The Hall–Kier alpha value is -4.93. The Morgan fingerprint density at radius 3 is 1.85 bits per heavy atom. The van der Waals surface area contributed by atoms with Gasteiger partial charge in [0, 0.05) is 37.9 Å². The second-order valence-corrected chi connectivity index (χ2v) is 10.7. The monoisotopic (exact) mass is 534 g/mol. The van der Waals surface area contributed by atoms with Crippen LogP contribution >= 0.6 is 11.8 Å². The van der Waals surface area contributed by atoms with Crippen molar-refractivity contribution < 1.29 is 4.42 Å². The normalized spacial score (nSPS) is 11.1. The number of rotatable bonds is 7. The van der Waals surface area contributed by atoms with Crippen LogP contribution in [0.25, 0.3) is 21.9 Å². The van der Waals surface area contributed by atoms with Gasteiger partial charge in [-0.2, -0.15) is 0 Å². The van der Waals surface area contributed by atoms with E-state index in [0.717, 1.165) is 60.2 Å². The third-order valence-electron chi connectivity index (χ3n) is 6.83. The minimum absolute atomic E-state index is 0.872. The van der Waals surface area contributed by atoms with E-state index < -0.39 is 0 Å². The summed E-state index contributed by atoms with van der Waals surface area (Å²) in [5.41, 5.74) is 7.15. The second-order valence-electron chi connectivity index (χ2n) is 9.54. The maximum atomic E-state index is 6.44. The highest BCUT2D eigenvalue weighted by molar-refractivity contribution is 7.99. The maximum absolute atomic E-state index is 6.44. The van der Waals surface area contributed by atoms with Crippen LogP contribution in [-0.2, 0) is 0 Å². The first-order valence-corrected chi connectivity index (χ1v) is 14.1. The lowest BCUT2D eigenvalue weighted by Gasteiger charge is -2.26. The van der Waals surface area contributed by atoms with Gasteiger partial charge in [-0.15, -0.1) is 0 Å². The zero-order chi connectivity index (χ0) is 26.7. The molecular weight excluding hydrogens is 508 g/mol. The van der Waals surface area contributed by atoms with Crippen LogP contribution in [0.3, 0.4) is 0 Å². The standard InChI is InChI=1S/C36H26N2OS/c1-4-13-26(14-5-1)37-27-15-12-20-30(23-27)40-31-24-33(36-32-21-10-11-22-34(32)39-35(36)25-31)38(28-16-6-2-7-17-28)29-18-8-3-9-19-29/h1-25,37H. The fraction of sp³-hybridized carbons (Fsp3) is 0. The number of furan rings is 1. The van der Waals surface area contributed by atoms with Gasteiger partial charge in [0.25, 0.3) is 0 Å². The van der Waals surface area contributed by atoms with Crippen LogP contribution in [0.2, 0.25) is 0 Å². The van der Waals surface area contributed by atoms with E-state index in [4.69, 9.17) is 4.42 Å². The fourth-order valence-electron chi connectivity index (χ4n) is 5.09. The molecule has 0 aliphatic carbocycles. The molecule has 0 aliphatic heterocycles. The van der Waals surface area contributed by atoms with Crippen molar-refractivity contribution in [1.29, 1.82) is 0 Å². The highest BCUT2D eigenvalue weighted by Crippen LogP contribution is 2.45. The van der Waals surface area contributed by atoms with E-state index in [1.807, 2.05) is 30.3 Å². The summed E-state index contributed by atoms with van der Waals surface area (Å²) in [4.78, 5) is 4.57.